The number of benzene rings is 2. The van der Waals surface area contributed by atoms with Crippen molar-refractivity contribution >= 4 is 27.5 Å². The summed E-state index contributed by atoms with van der Waals surface area (Å²) in [6.45, 7) is 3.33. The number of nitrogens with one attached hydrogen (secondary N) is 1. The summed E-state index contributed by atoms with van der Waals surface area (Å²) < 4.78 is 32.2. The molecule has 2 heterocycles. The highest BCUT2D eigenvalue weighted by molar-refractivity contribution is 7.90. The number of likely N-dealkylation sites (N-methyl/N-ethyl adjacent to an activating group) is 1. The Kier molecular flexibility index (Phi) is 5.74. The van der Waals surface area contributed by atoms with Gasteiger partial charge in [0.25, 0.3) is 10.0 Å². The lowest BCUT2D eigenvalue weighted by Gasteiger charge is -2.31. The minimum atomic E-state index is -3.61. The van der Waals surface area contributed by atoms with E-state index in [0.717, 1.165) is 24.3 Å². The first-order chi connectivity index (χ1) is 14.5. The molecule has 0 unspecified atom stereocenters. The first-order valence-electron chi connectivity index (χ1n) is 9.77. The van der Waals surface area contributed by atoms with Gasteiger partial charge in [-0.3, -0.25) is 14.5 Å². The molecule has 1 saturated heterocycles. The van der Waals surface area contributed by atoms with Crippen LogP contribution in [-0.2, 0) is 26.1 Å². The van der Waals surface area contributed by atoms with Gasteiger partial charge >= 0.3 is 0 Å². The molecule has 0 aromatic heterocycles. The third-order valence-electron chi connectivity index (χ3n) is 5.21. The van der Waals surface area contributed by atoms with Gasteiger partial charge in [-0.2, -0.15) is 0 Å². The number of amidine groups is 1. The van der Waals surface area contributed by atoms with Crippen molar-refractivity contribution in [2.45, 2.75) is 11.4 Å². The predicted molar refractivity (Wildman–Crippen MR) is 114 cm³/mol. The summed E-state index contributed by atoms with van der Waals surface area (Å²) in [6.07, 6.45) is 0. The van der Waals surface area contributed by atoms with E-state index in [4.69, 9.17) is 4.74 Å². The van der Waals surface area contributed by atoms with Gasteiger partial charge in [0.1, 0.15) is 12.4 Å². The zero-order valence-corrected chi connectivity index (χ0v) is 17.6. The van der Waals surface area contributed by atoms with Crippen LogP contribution in [0, 0.1) is 0 Å². The van der Waals surface area contributed by atoms with E-state index in [9.17, 15) is 13.2 Å². The van der Waals surface area contributed by atoms with Crippen LogP contribution < -0.4 is 9.62 Å². The van der Waals surface area contributed by atoms with Crippen LogP contribution in [0.15, 0.2) is 58.4 Å². The number of amides is 1. The lowest BCUT2D eigenvalue weighted by atomic mass is 10.1. The van der Waals surface area contributed by atoms with E-state index in [2.05, 4.69) is 20.7 Å². The van der Waals surface area contributed by atoms with Crippen LogP contribution in [0.3, 0.4) is 0 Å². The summed E-state index contributed by atoms with van der Waals surface area (Å²) in [5.74, 6) is 0.0175. The van der Waals surface area contributed by atoms with Crippen molar-refractivity contribution in [2.24, 2.45) is 4.99 Å². The standard InChI is InChI=1S/C21H24N4O4S/c1-24(15-16-6-2-4-8-18(16)25-10-12-29-13-11-25)20(26)14-22-21-17-7-3-5-9-19(17)30(27,28)23-21/h2-9H,10-15H2,1H3,(H,22,23). The minimum Gasteiger partial charge on any atom is -0.378 e. The van der Waals surface area contributed by atoms with Crippen molar-refractivity contribution in [2.75, 3.05) is 44.8 Å². The van der Waals surface area contributed by atoms with E-state index in [1.807, 2.05) is 18.2 Å². The Morgan fingerprint density at radius 3 is 2.63 bits per heavy atom. The molecule has 9 heteroatoms. The molecule has 0 bridgehead atoms. The fourth-order valence-corrected chi connectivity index (χ4v) is 4.87. The number of hydrogen-bond donors (Lipinski definition) is 1. The topological polar surface area (TPSA) is 91.3 Å². The molecule has 158 valence electrons. The molecule has 2 aromatic carbocycles. The van der Waals surface area contributed by atoms with Crippen molar-refractivity contribution in [3.8, 4) is 0 Å². The molecule has 30 heavy (non-hydrogen) atoms. The van der Waals surface area contributed by atoms with Crippen LogP contribution in [0.4, 0.5) is 5.69 Å². The van der Waals surface area contributed by atoms with Gasteiger partial charge in [0.2, 0.25) is 5.91 Å². The Morgan fingerprint density at radius 2 is 1.83 bits per heavy atom. The molecule has 4 rings (SSSR count). The van der Waals surface area contributed by atoms with Crippen molar-refractivity contribution < 1.29 is 17.9 Å². The summed E-state index contributed by atoms with van der Waals surface area (Å²) >= 11 is 0. The number of fused-ring (bicyclic) bond motifs is 1. The molecule has 0 saturated carbocycles. The number of anilines is 1. The Labute approximate surface area is 176 Å². The maximum atomic E-state index is 12.7. The number of sulfonamides is 1. The summed E-state index contributed by atoms with van der Waals surface area (Å²) in [5, 5.41) is 0. The molecule has 1 fully saturated rings. The number of carbonyl (C=O) groups is 1. The number of morpholine rings is 1. The molecular formula is C21H24N4O4S. The normalized spacial score (nSPS) is 18.7. The maximum absolute atomic E-state index is 12.7. The van der Waals surface area contributed by atoms with Gasteiger partial charge in [0.05, 0.1) is 18.1 Å². The lowest BCUT2D eigenvalue weighted by Crippen LogP contribution is -2.37. The Balaban J connectivity index is 1.45. The first kappa shape index (κ1) is 20.4. The van der Waals surface area contributed by atoms with Gasteiger partial charge in [-0.25, -0.2) is 8.42 Å². The third kappa shape index (κ3) is 4.17. The van der Waals surface area contributed by atoms with Crippen LogP contribution in [-0.4, -0.2) is 65.0 Å². The van der Waals surface area contributed by atoms with E-state index in [1.54, 1.807) is 30.1 Å². The highest BCUT2D eigenvalue weighted by Crippen LogP contribution is 2.24. The molecule has 2 aliphatic rings. The van der Waals surface area contributed by atoms with Crippen molar-refractivity contribution in [1.82, 2.24) is 9.62 Å². The second kappa shape index (κ2) is 8.45. The maximum Gasteiger partial charge on any atom is 0.263 e. The number of nitrogens with zero attached hydrogens (tertiary/aromatic N) is 3. The molecule has 1 amide bonds. The zero-order valence-electron chi connectivity index (χ0n) is 16.7. The fourth-order valence-electron chi connectivity index (χ4n) is 3.62. The second-order valence-electron chi connectivity index (χ2n) is 7.24. The van der Waals surface area contributed by atoms with E-state index >= 15 is 0 Å². The van der Waals surface area contributed by atoms with Crippen LogP contribution in [0.2, 0.25) is 0 Å². The SMILES string of the molecule is CN(Cc1ccccc1N1CCOCC1)C(=O)CN=C1NS(=O)(=O)c2ccccc21. The summed E-state index contributed by atoms with van der Waals surface area (Å²) in [5.41, 5.74) is 2.64. The number of para-hydroxylation sites is 1. The number of ether oxygens (including phenoxy) is 1. The van der Waals surface area contributed by atoms with Crippen LogP contribution in [0.25, 0.3) is 0 Å². The molecular weight excluding hydrogens is 404 g/mol. The molecule has 8 nitrogen and oxygen atoms in total. The summed E-state index contributed by atoms with van der Waals surface area (Å²) in [7, 11) is -1.88. The van der Waals surface area contributed by atoms with Gasteiger partial charge in [-0.1, -0.05) is 30.3 Å². The van der Waals surface area contributed by atoms with Crippen molar-refractivity contribution in [1.29, 1.82) is 0 Å². The highest BCUT2D eigenvalue weighted by atomic mass is 32.2. The van der Waals surface area contributed by atoms with Crippen molar-refractivity contribution in [3.05, 3.63) is 59.7 Å². The largest absolute Gasteiger partial charge is 0.378 e. The quantitative estimate of drug-likeness (QED) is 0.773. The molecule has 0 radical (unpaired) electrons. The van der Waals surface area contributed by atoms with Crippen molar-refractivity contribution in [3.63, 3.8) is 0 Å². The van der Waals surface area contributed by atoms with E-state index < -0.39 is 10.0 Å². The Hall–Kier alpha value is -2.91. The molecule has 2 aromatic rings. The Bertz CT molecular complexity index is 1080. The highest BCUT2D eigenvalue weighted by Gasteiger charge is 2.30. The monoisotopic (exact) mass is 428 g/mol. The van der Waals surface area contributed by atoms with Gasteiger partial charge in [-0.05, 0) is 23.8 Å². The van der Waals surface area contributed by atoms with Crippen LogP contribution >= 0.6 is 0 Å². The number of carbonyl (C=O) groups excluding carboxylic acids is 1. The van der Waals surface area contributed by atoms with Gasteiger partial charge in [-0.15, -0.1) is 0 Å². The Morgan fingerprint density at radius 1 is 1.13 bits per heavy atom. The van der Waals surface area contributed by atoms with E-state index in [1.165, 1.54) is 6.07 Å². The number of aliphatic imine (C=N–C) groups is 1. The summed E-state index contributed by atoms with van der Waals surface area (Å²) in [6, 6.07) is 14.6. The lowest BCUT2D eigenvalue weighted by molar-refractivity contribution is -0.128. The average Bonchev–Trinajstić information content (AvgIpc) is 3.03. The van der Waals surface area contributed by atoms with Crippen LogP contribution in [0.5, 0.6) is 0 Å². The first-order valence-corrected chi connectivity index (χ1v) is 11.3. The summed E-state index contributed by atoms with van der Waals surface area (Å²) in [4.78, 5) is 21.0. The van der Waals surface area contributed by atoms with Gasteiger partial charge < -0.3 is 14.5 Å². The average molecular weight is 429 g/mol. The number of rotatable bonds is 5. The van der Waals surface area contributed by atoms with E-state index in [-0.39, 0.29) is 23.2 Å². The molecule has 2 aliphatic heterocycles. The minimum absolute atomic E-state index is 0.136. The third-order valence-corrected chi connectivity index (χ3v) is 6.61. The van der Waals surface area contributed by atoms with Crippen LogP contribution in [0.1, 0.15) is 11.1 Å². The predicted octanol–water partition coefficient (Wildman–Crippen LogP) is 1.22. The molecule has 0 aliphatic carbocycles. The molecule has 0 spiro atoms. The fraction of sp³-hybridized carbons (Fsp3) is 0.333. The number of hydrogen-bond acceptors (Lipinski definition) is 6. The van der Waals surface area contributed by atoms with E-state index in [0.29, 0.717) is 25.3 Å². The van der Waals surface area contributed by atoms with Gasteiger partial charge in [0.15, 0.2) is 0 Å². The second-order valence-corrected chi connectivity index (χ2v) is 8.90. The molecule has 0 atom stereocenters. The molecule has 1 N–H and O–H groups in total. The van der Waals surface area contributed by atoms with Gasteiger partial charge in [0, 0.05) is 37.9 Å². The smallest absolute Gasteiger partial charge is 0.263 e. The zero-order chi connectivity index (χ0) is 21.1.